The fraction of sp³-hybridized carbons (Fsp3) is 0.667. The molecule has 1 saturated carbocycles. The Morgan fingerprint density at radius 2 is 1.94 bits per heavy atom. The quantitative estimate of drug-likeness (QED) is 0.701. The molecule has 100 valence electrons. The van der Waals surface area contributed by atoms with E-state index in [4.69, 9.17) is 0 Å². The first-order valence-corrected chi connectivity index (χ1v) is 7.01. The first-order valence-electron chi connectivity index (χ1n) is 7.01. The number of halogens is 2. The smallest absolute Gasteiger partial charge is 0.225 e. The van der Waals surface area contributed by atoms with Crippen LogP contribution in [-0.4, -0.2) is 4.98 Å². The maximum atomic E-state index is 13.1. The van der Waals surface area contributed by atoms with E-state index in [-0.39, 0.29) is 0 Å². The summed E-state index contributed by atoms with van der Waals surface area (Å²) < 4.78 is 25.9. The van der Waals surface area contributed by atoms with Crippen molar-refractivity contribution in [2.24, 2.45) is 5.92 Å². The fourth-order valence-corrected chi connectivity index (χ4v) is 2.94. The molecule has 0 atom stereocenters. The molecular weight excluding hydrogens is 232 g/mol. The predicted octanol–water partition coefficient (Wildman–Crippen LogP) is 4.82. The van der Waals surface area contributed by atoms with Crippen molar-refractivity contribution in [3.05, 3.63) is 29.6 Å². The lowest BCUT2D eigenvalue weighted by Gasteiger charge is -2.28. The van der Waals surface area contributed by atoms with E-state index in [1.54, 1.807) is 0 Å². The lowest BCUT2D eigenvalue weighted by molar-refractivity contribution is 0.303. The molecule has 3 heteroatoms. The van der Waals surface area contributed by atoms with Gasteiger partial charge in [-0.25, -0.2) is 9.37 Å². The summed E-state index contributed by atoms with van der Waals surface area (Å²) in [6.07, 6.45) is 9.97. The molecule has 1 fully saturated rings. The van der Waals surface area contributed by atoms with Gasteiger partial charge in [-0.1, -0.05) is 26.2 Å². The summed E-state index contributed by atoms with van der Waals surface area (Å²) in [6.45, 7) is 2.22. The molecule has 1 heterocycles. The number of aromatic nitrogens is 1. The lowest BCUT2D eigenvalue weighted by Crippen LogP contribution is -2.14. The summed E-state index contributed by atoms with van der Waals surface area (Å²) in [4.78, 5) is 3.48. The second kappa shape index (κ2) is 6.26. The van der Waals surface area contributed by atoms with E-state index in [0.717, 1.165) is 24.3 Å². The highest BCUT2D eigenvalue weighted by atomic mass is 19.2. The molecule has 0 spiro atoms. The van der Waals surface area contributed by atoms with Gasteiger partial charge in [-0.2, -0.15) is 4.39 Å². The van der Waals surface area contributed by atoms with Gasteiger partial charge in [0.05, 0.1) is 0 Å². The maximum Gasteiger partial charge on any atom is 0.248 e. The SMILES string of the molecule is CCCC[C@H]1CC[C@H](c2cnc(F)c(F)c2)CC1. The number of nitrogens with zero attached hydrogens (tertiary/aromatic N) is 1. The van der Waals surface area contributed by atoms with Gasteiger partial charge < -0.3 is 0 Å². The second-order valence-electron chi connectivity index (χ2n) is 5.40. The van der Waals surface area contributed by atoms with Gasteiger partial charge in [0, 0.05) is 6.20 Å². The fourth-order valence-electron chi connectivity index (χ4n) is 2.94. The highest BCUT2D eigenvalue weighted by molar-refractivity contribution is 5.17. The Morgan fingerprint density at radius 3 is 2.56 bits per heavy atom. The topological polar surface area (TPSA) is 12.9 Å². The van der Waals surface area contributed by atoms with Crippen LogP contribution in [0.3, 0.4) is 0 Å². The van der Waals surface area contributed by atoms with Gasteiger partial charge >= 0.3 is 0 Å². The zero-order valence-electron chi connectivity index (χ0n) is 11.0. The second-order valence-corrected chi connectivity index (χ2v) is 5.40. The molecule has 1 aromatic heterocycles. The van der Waals surface area contributed by atoms with Gasteiger partial charge in [0.1, 0.15) is 0 Å². The molecular formula is C15H21F2N. The van der Waals surface area contributed by atoms with E-state index in [2.05, 4.69) is 11.9 Å². The molecule has 0 unspecified atom stereocenters. The number of rotatable bonds is 4. The van der Waals surface area contributed by atoms with Crippen LogP contribution in [0, 0.1) is 17.7 Å². The van der Waals surface area contributed by atoms with Gasteiger partial charge in [-0.3, -0.25) is 0 Å². The zero-order chi connectivity index (χ0) is 13.0. The van der Waals surface area contributed by atoms with Gasteiger partial charge in [0.2, 0.25) is 5.95 Å². The van der Waals surface area contributed by atoms with Crippen LogP contribution in [-0.2, 0) is 0 Å². The van der Waals surface area contributed by atoms with Gasteiger partial charge in [0.15, 0.2) is 5.82 Å². The van der Waals surface area contributed by atoms with Gasteiger partial charge in [-0.15, -0.1) is 0 Å². The van der Waals surface area contributed by atoms with Gasteiger partial charge in [-0.05, 0) is 49.1 Å². The summed E-state index contributed by atoms with van der Waals surface area (Å²) in [7, 11) is 0. The van der Waals surface area contributed by atoms with Crippen LogP contribution in [0.15, 0.2) is 12.3 Å². The van der Waals surface area contributed by atoms with E-state index in [1.807, 2.05) is 0 Å². The molecule has 0 radical (unpaired) electrons. The van der Waals surface area contributed by atoms with E-state index < -0.39 is 11.8 Å². The minimum atomic E-state index is -0.990. The van der Waals surface area contributed by atoms with E-state index in [0.29, 0.717) is 5.92 Å². The van der Waals surface area contributed by atoms with Crippen molar-refractivity contribution in [3.63, 3.8) is 0 Å². The lowest BCUT2D eigenvalue weighted by atomic mass is 9.77. The molecule has 1 aliphatic carbocycles. The average molecular weight is 253 g/mol. The summed E-state index contributed by atoms with van der Waals surface area (Å²) in [5.74, 6) is -0.610. The first kappa shape index (κ1) is 13.4. The maximum absolute atomic E-state index is 13.1. The van der Waals surface area contributed by atoms with Gasteiger partial charge in [0.25, 0.3) is 0 Å². The third kappa shape index (κ3) is 3.27. The monoisotopic (exact) mass is 253 g/mol. The van der Waals surface area contributed by atoms with Crippen molar-refractivity contribution in [2.45, 2.75) is 57.8 Å². The molecule has 2 rings (SSSR count). The summed E-state index contributed by atoms with van der Waals surface area (Å²) in [6, 6.07) is 1.32. The molecule has 1 nitrogen and oxygen atoms in total. The van der Waals surface area contributed by atoms with Crippen LogP contribution in [0.4, 0.5) is 8.78 Å². The summed E-state index contributed by atoms with van der Waals surface area (Å²) in [5.41, 5.74) is 0.864. The number of hydrogen-bond acceptors (Lipinski definition) is 1. The number of hydrogen-bond donors (Lipinski definition) is 0. The molecule has 1 aromatic rings. The largest absolute Gasteiger partial charge is 0.248 e. The van der Waals surface area contributed by atoms with Crippen molar-refractivity contribution in [2.75, 3.05) is 0 Å². The Kier molecular flexibility index (Phi) is 4.67. The van der Waals surface area contributed by atoms with Crippen molar-refractivity contribution in [1.82, 2.24) is 4.98 Å². The summed E-state index contributed by atoms with van der Waals surface area (Å²) >= 11 is 0. The number of unbranched alkanes of at least 4 members (excludes halogenated alkanes) is 1. The Bertz CT molecular complexity index is 384. The third-order valence-electron chi connectivity index (χ3n) is 4.10. The molecule has 1 aliphatic rings. The third-order valence-corrected chi connectivity index (χ3v) is 4.10. The van der Waals surface area contributed by atoms with Crippen LogP contribution in [0.25, 0.3) is 0 Å². The minimum absolute atomic E-state index is 0.366. The zero-order valence-corrected chi connectivity index (χ0v) is 11.0. The van der Waals surface area contributed by atoms with Crippen LogP contribution in [0.1, 0.15) is 63.4 Å². The highest BCUT2D eigenvalue weighted by Crippen LogP contribution is 2.37. The molecule has 0 N–H and O–H groups in total. The Labute approximate surface area is 108 Å². The molecule has 0 bridgehead atoms. The highest BCUT2D eigenvalue weighted by Gasteiger charge is 2.23. The standard InChI is InChI=1S/C15H21F2N/c1-2-3-4-11-5-7-12(8-6-11)13-9-14(16)15(17)18-10-13/h9-12H,2-8H2,1H3/t11-,12-. The van der Waals surface area contributed by atoms with Crippen LogP contribution >= 0.6 is 0 Å². The van der Waals surface area contributed by atoms with E-state index in [1.165, 1.54) is 44.4 Å². The molecule has 0 saturated heterocycles. The Morgan fingerprint density at radius 1 is 1.22 bits per heavy atom. The molecule has 0 amide bonds. The molecule has 0 aliphatic heterocycles. The van der Waals surface area contributed by atoms with Crippen molar-refractivity contribution in [1.29, 1.82) is 0 Å². The van der Waals surface area contributed by atoms with Crippen LogP contribution < -0.4 is 0 Å². The predicted molar refractivity (Wildman–Crippen MR) is 68.4 cm³/mol. The number of pyridine rings is 1. The first-order chi connectivity index (χ1) is 8.70. The minimum Gasteiger partial charge on any atom is -0.225 e. The normalized spacial score (nSPS) is 24.2. The van der Waals surface area contributed by atoms with E-state index in [9.17, 15) is 8.78 Å². The van der Waals surface area contributed by atoms with Crippen molar-refractivity contribution < 1.29 is 8.78 Å². The van der Waals surface area contributed by atoms with E-state index >= 15 is 0 Å². The van der Waals surface area contributed by atoms with Crippen molar-refractivity contribution >= 4 is 0 Å². The Hall–Kier alpha value is -0.990. The van der Waals surface area contributed by atoms with Crippen LogP contribution in [0.2, 0.25) is 0 Å². The van der Waals surface area contributed by atoms with Crippen molar-refractivity contribution in [3.8, 4) is 0 Å². The molecule has 0 aromatic carbocycles. The summed E-state index contributed by atoms with van der Waals surface area (Å²) in [5, 5.41) is 0. The van der Waals surface area contributed by atoms with Crippen LogP contribution in [0.5, 0.6) is 0 Å². The average Bonchev–Trinajstić information content (AvgIpc) is 2.40. The Balaban J connectivity index is 1.90. The molecule has 18 heavy (non-hydrogen) atoms.